The molecule has 1 saturated carbocycles. The highest BCUT2D eigenvalue weighted by molar-refractivity contribution is 6.05. The van der Waals surface area contributed by atoms with Gasteiger partial charge in [0.1, 0.15) is 0 Å². The van der Waals surface area contributed by atoms with Crippen molar-refractivity contribution in [1.29, 1.82) is 0 Å². The third-order valence-electron chi connectivity index (χ3n) is 4.56. The first-order valence-electron chi connectivity index (χ1n) is 7.15. The first kappa shape index (κ1) is 13.1. The van der Waals surface area contributed by atoms with E-state index in [0.29, 0.717) is 17.3 Å². The van der Waals surface area contributed by atoms with E-state index < -0.39 is 0 Å². The Hall–Kier alpha value is -1.91. The zero-order valence-electron chi connectivity index (χ0n) is 11.6. The molecular weight excluding hydrogens is 254 g/mol. The second-order valence-corrected chi connectivity index (χ2v) is 5.80. The topological polar surface area (TPSA) is 76.3 Å². The lowest BCUT2D eigenvalue weighted by Crippen LogP contribution is -2.32. The van der Waals surface area contributed by atoms with Crippen LogP contribution in [0.1, 0.15) is 31.9 Å². The van der Waals surface area contributed by atoms with Gasteiger partial charge >= 0.3 is 0 Å². The summed E-state index contributed by atoms with van der Waals surface area (Å²) in [5, 5.41) is 0. The SMILES string of the molecule is CCC1CC2C(=O)N(Cc3cc(N)ccn3)C(=O)C2C1. The van der Waals surface area contributed by atoms with Crippen LogP contribution in [0.15, 0.2) is 18.3 Å². The Bertz CT molecular complexity index is 534. The van der Waals surface area contributed by atoms with E-state index in [-0.39, 0.29) is 30.2 Å². The molecule has 2 unspecified atom stereocenters. The highest BCUT2D eigenvalue weighted by atomic mass is 16.2. The van der Waals surface area contributed by atoms with Gasteiger partial charge in [-0.1, -0.05) is 13.3 Å². The normalized spacial score (nSPS) is 29.1. The third kappa shape index (κ3) is 2.07. The number of rotatable bonds is 3. The van der Waals surface area contributed by atoms with Crippen molar-refractivity contribution < 1.29 is 9.59 Å². The van der Waals surface area contributed by atoms with E-state index in [1.165, 1.54) is 4.90 Å². The van der Waals surface area contributed by atoms with Crippen molar-refractivity contribution >= 4 is 17.5 Å². The van der Waals surface area contributed by atoms with Crippen molar-refractivity contribution in [3.05, 3.63) is 24.0 Å². The number of pyridine rings is 1. The average Bonchev–Trinajstić information content (AvgIpc) is 2.95. The molecule has 5 heteroatoms. The Labute approximate surface area is 118 Å². The van der Waals surface area contributed by atoms with Crippen LogP contribution in [0.3, 0.4) is 0 Å². The summed E-state index contributed by atoms with van der Waals surface area (Å²) in [5.41, 5.74) is 6.96. The second-order valence-electron chi connectivity index (χ2n) is 5.80. The Morgan fingerprint density at radius 2 is 1.95 bits per heavy atom. The maximum Gasteiger partial charge on any atom is 0.233 e. The molecule has 0 aromatic carbocycles. The summed E-state index contributed by atoms with van der Waals surface area (Å²) in [6.07, 6.45) is 4.35. The molecule has 20 heavy (non-hydrogen) atoms. The van der Waals surface area contributed by atoms with Crippen molar-refractivity contribution in [2.45, 2.75) is 32.7 Å². The van der Waals surface area contributed by atoms with E-state index in [0.717, 1.165) is 19.3 Å². The van der Waals surface area contributed by atoms with Gasteiger partial charge in [0.05, 0.1) is 24.1 Å². The number of anilines is 1. The number of carbonyl (C=O) groups excluding carboxylic acids is 2. The summed E-state index contributed by atoms with van der Waals surface area (Å²) in [6.45, 7) is 2.36. The smallest absolute Gasteiger partial charge is 0.233 e. The van der Waals surface area contributed by atoms with Crippen LogP contribution in [0.4, 0.5) is 5.69 Å². The molecule has 1 aromatic heterocycles. The number of imide groups is 1. The number of carbonyl (C=O) groups is 2. The minimum atomic E-state index is -0.103. The summed E-state index contributed by atoms with van der Waals surface area (Å²) in [6, 6.07) is 3.40. The summed E-state index contributed by atoms with van der Waals surface area (Å²) in [7, 11) is 0. The van der Waals surface area contributed by atoms with E-state index in [1.54, 1.807) is 18.3 Å². The summed E-state index contributed by atoms with van der Waals surface area (Å²) in [5.74, 6) is 0.257. The molecule has 1 aliphatic heterocycles. The minimum Gasteiger partial charge on any atom is -0.399 e. The van der Waals surface area contributed by atoms with Crippen LogP contribution >= 0.6 is 0 Å². The van der Waals surface area contributed by atoms with Crippen molar-refractivity contribution in [2.24, 2.45) is 17.8 Å². The highest BCUT2D eigenvalue weighted by Gasteiger charge is 2.52. The summed E-state index contributed by atoms with van der Waals surface area (Å²) >= 11 is 0. The molecule has 5 nitrogen and oxygen atoms in total. The quantitative estimate of drug-likeness (QED) is 0.848. The van der Waals surface area contributed by atoms with Gasteiger partial charge in [-0.3, -0.25) is 19.5 Å². The van der Waals surface area contributed by atoms with Crippen molar-refractivity contribution in [3.8, 4) is 0 Å². The number of aromatic nitrogens is 1. The molecule has 1 aromatic rings. The van der Waals surface area contributed by atoms with Gasteiger partial charge in [-0.25, -0.2) is 0 Å². The maximum atomic E-state index is 12.4. The predicted octanol–water partition coefficient (Wildman–Crippen LogP) is 1.58. The number of fused-ring (bicyclic) bond motifs is 1. The van der Waals surface area contributed by atoms with E-state index in [4.69, 9.17) is 5.73 Å². The number of nitrogen functional groups attached to an aromatic ring is 1. The molecule has 3 rings (SSSR count). The molecule has 0 bridgehead atoms. The van der Waals surface area contributed by atoms with Crippen LogP contribution in [0.5, 0.6) is 0 Å². The van der Waals surface area contributed by atoms with Crippen LogP contribution in [-0.2, 0) is 16.1 Å². The molecule has 1 saturated heterocycles. The van der Waals surface area contributed by atoms with Crippen LogP contribution in [0, 0.1) is 17.8 Å². The van der Waals surface area contributed by atoms with Gasteiger partial charge in [-0.05, 0) is 30.9 Å². The number of hydrogen-bond donors (Lipinski definition) is 1. The van der Waals surface area contributed by atoms with Crippen molar-refractivity contribution in [2.75, 3.05) is 5.73 Å². The standard InChI is InChI=1S/C15H19N3O2/c1-2-9-5-12-13(6-9)15(20)18(14(12)19)8-11-7-10(16)3-4-17-11/h3-4,7,9,12-13H,2,5-6,8H2,1H3,(H2,16,17). The predicted molar refractivity (Wildman–Crippen MR) is 74.2 cm³/mol. The van der Waals surface area contributed by atoms with Gasteiger partial charge in [0.2, 0.25) is 11.8 Å². The molecule has 2 heterocycles. The Balaban J connectivity index is 1.77. The Morgan fingerprint density at radius 1 is 1.30 bits per heavy atom. The van der Waals surface area contributed by atoms with Gasteiger partial charge in [0.25, 0.3) is 0 Å². The molecule has 2 N–H and O–H groups in total. The van der Waals surface area contributed by atoms with E-state index in [2.05, 4.69) is 11.9 Å². The lowest BCUT2D eigenvalue weighted by molar-refractivity contribution is -0.141. The lowest BCUT2D eigenvalue weighted by Gasteiger charge is -2.17. The Kier molecular flexibility index (Phi) is 3.20. The van der Waals surface area contributed by atoms with E-state index in [1.807, 2.05) is 0 Å². The molecular formula is C15H19N3O2. The molecule has 0 radical (unpaired) electrons. The molecule has 2 amide bonds. The largest absolute Gasteiger partial charge is 0.399 e. The molecule has 106 valence electrons. The number of nitrogens with zero attached hydrogens (tertiary/aromatic N) is 2. The van der Waals surface area contributed by atoms with Gasteiger partial charge in [0.15, 0.2) is 0 Å². The number of hydrogen-bond acceptors (Lipinski definition) is 4. The van der Waals surface area contributed by atoms with Crippen LogP contribution in [0.25, 0.3) is 0 Å². The maximum absolute atomic E-state index is 12.4. The summed E-state index contributed by atoms with van der Waals surface area (Å²) < 4.78 is 0. The highest BCUT2D eigenvalue weighted by Crippen LogP contribution is 2.44. The fraction of sp³-hybridized carbons (Fsp3) is 0.533. The summed E-state index contributed by atoms with van der Waals surface area (Å²) in [4.78, 5) is 30.3. The van der Waals surface area contributed by atoms with Gasteiger partial charge in [-0.2, -0.15) is 0 Å². The molecule has 0 spiro atoms. The van der Waals surface area contributed by atoms with E-state index >= 15 is 0 Å². The number of likely N-dealkylation sites (tertiary alicyclic amines) is 1. The van der Waals surface area contributed by atoms with Gasteiger partial charge in [0, 0.05) is 11.9 Å². The molecule has 2 fully saturated rings. The van der Waals surface area contributed by atoms with Crippen molar-refractivity contribution in [3.63, 3.8) is 0 Å². The number of amides is 2. The van der Waals surface area contributed by atoms with Gasteiger partial charge in [-0.15, -0.1) is 0 Å². The first-order chi connectivity index (χ1) is 9.60. The van der Waals surface area contributed by atoms with Crippen LogP contribution < -0.4 is 5.73 Å². The lowest BCUT2D eigenvalue weighted by atomic mass is 10.00. The second kappa shape index (κ2) is 4.89. The number of nitrogens with two attached hydrogens (primary N) is 1. The minimum absolute atomic E-state index is 0.0276. The van der Waals surface area contributed by atoms with Gasteiger partial charge < -0.3 is 5.73 Å². The molecule has 2 aliphatic rings. The fourth-order valence-electron chi connectivity index (χ4n) is 3.43. The first-order valence-corrected chi connectivity index (χ1v) is 7.15. The van der Waals surface area contributed by atoms with Crippen LogP contribution in [0.2, 0.25) is 0 Å². The average molecular weight is 273 g/mol. The zero-order valence-corrected chi connectivity index (χ0v) is 11.6. The molecule has 1 aliphatic carbocycles. The fourth-order valence-corrected chi connectivity index (χ4v) is 3.43. The van der Waals surface area contributed by atoms with E-state index in [9.17, 15) is 9.59 Å². The van der Waals surface area contributed by atoms with Crippen molar-refractivity contribution in [1.82, 2.24) is 9.88 Å². The Morgan fingerprint density at radius 3 is 2.50 bits per heavy atom. The third-order valence-corrected chi connectivity index (χ3v) is 4.56. The zero-order chi connectivity index (χ0) is 14.3. The molecule has 2 atom stereocenters. The monoisotopic (exact) mass is 273 g/mol. The van der Waals surface area contributed by atoms with Crippen LogP contribution in [-0.4, -0.2) is 21.7 Å².